The molecule has 0 bridgehead atoms. The lowest BCUT2D eigenvalue weighted by Gasteiger charge is -2.09. The van der Waals surface area contributed by atoms with Gasteiger partial charge in [0.2, 0.25) is 0 Å². The van der Waals surface area contributed by atoms with Gasteiger partial charge in [0.05, 0.1) is 152 Å². The quantitative estimate of drug-likeness (QED) is 0.0426. The van der Waals surface area contributed by atoms with Crippen molar-refractivity contribution in [1.82, 2.24) is 0 Å². The molecular weight excluding hydrogens is 801 g/mol. The number of esters is 1. The molecule has 0 aliphatic heterocycles. The molecule has 0 heterocycles. The summed E-state index contributed by atoms with van der Waals surface area (Å²) in [5.41, 5.74) is 0. The molecule has 0 amide bonds. The number of carbonyl (C=O) groups is 1. The number of rotatable bonds is 57. The molecule has 0 unspecified atom stereocenters. The zero-order valence-electron chi connectivity index (χ0n) is 40.0. The second-order valence-corrected chi connectivity index (χ2v) is 15.3. The molecule has 0 rings (SSSR count). The van der Waals surface area contributed by atoms with Crippen LogP contribution in [0.5, 0.6) is 0 Å². The highest BCUT2D eigenvalue weighted by atomic mass is 16.6. The molecule has 62 heavy (non-hydrogen) atoms. The fourth-order valence-corrected chi connectivity index (χ4v) is 6.08. The highest BCUT2D eigenvalue weighted by molar-refractivity contribution is 5.69. The van der Waals surface area contributed by atoms with Crippen LogP contribution in [-0.4, -0.2) is 171 Å². The van der Waals surface area contributed by atoms with Crippen molar-refractivity contribution in [1.29, 1.82) is 0 Å². The predicted molar refractivity (Wildman–Crippen MR) is 244 cm³/mol. The monoisotopic (exact) mass is 897 g/mol. The molecule has 0 atom stereocenters. The number of carbonyl (C=O) groups excluding carboxylic acids is 1. The van der Waals surface area contributed by atoms with Gasteiger partial charge < -0.3 is 61.6 Å². The van der Waals surface area contributed by atoms with E-state index in [4.69, 9.17) is 61.6 Å². The van der Waals surface area contributed by atoms with Crippen molar-refractivity contribution in [3.05, 3.63) is 0 Å². The van der Waals surface area contributed by atoms with Crippen LogP contribution in [0.25, 0.3) is 0 Å². The van der Waals surface area contributed by atoms with Gasteiger partial charge in [-0.3, -0.25) is 4.79 Å². The molecule has 0 aromatic heterocycles. The lowest BCUT2D eigenvalue weighted by atomic mass is 10.1. The van der Waals surface area contributed by atoms with Crippen molar-refractivity contribution >= 4 is 5.97 Å². The highest BCUT2D eigenvalue weighted by Crippen LogP contribution is 2.12. The first-order valence-corrected chi connectivity index (χ1v) is 24.9. The smallest absolute Gasteiger partial charge is 0.305 e. The second-order valence-electron chi connectivity index (χ2n) is 15.3. The minimum absolute atomic E-state index is 0.136. The summed E-state index contributed by atoms with van der Waals surface area (Å²) in [6.45, 7) is 17.4. The van der Waals surface area contributed by atoms with Crippen LogP contribution in [0.4, 0.5) is 0 Å². The minimum atomic E-state index is -0.136. The van der Waals surface area contributed by atoms with E-state index in [2.05, 4.69) is 13.8 Å². The summed E-state index contributed by atoms with van der Waals surface area (Å²) >= 11 is 0. The van der Waals surface area contributed by atoms with Crippen molar-refractivity contribution in [2.45, 2.75) is 142 Å². The molecular formula is C48H96O14. The molecule has 14 heteroatoms. The Hall–Kier alpha value is -1.01. The van der Waals surface area contributed by atoms with Gasteiger partial charge in [-0.15, -0.1) is 0 Å². The summed E-state index contributed by atoms with van der Waals surface area (Å²) in [5.74, 6) is -0.136. The minimum Gasteiger partial charge on any atom is -0.463 e. The van der Waals surface area contributed by atoms with E-state index in [9.17, 15) is 4.79 Å². The van der Waals surface area contributed by atoms with Crippen LogP contribution in [0.3, 0.4) is 0 Å². The van der Waals surface area contributed by atoms with Gasteiger partial charge in [-0.05, 0) is 12.8 Å². The Kier molecular flexibility index (Phi) is 57.1. The third-order valence-electron chi connectivity index (χ3n) is 9.71. The summed E-state index contributed by atoms with van der Waals surface area (Å²) in [7, 11) is 0. The molecule has 0 aromatic rings. The summed E-state index contributed by atoms with van der Waals surface area (Å²) in [5, 5.41) is 0. The molecule has 0 fully saturated rings. The van der Waals surface area contributed by atoms with Crippen molar-refractivity contribution in [3.63, 3.8) is 0 Å². The number of hydrogen-bond donors (Lipinski definition) is 0. The van der Waals surface area contributed by atoms with Crippen molar-refractivity contribution in [2.24, 2.45) is 0 Å². The normalized spacial score (nSPS) is 11.6. The van der Waals surface area contributed by atoms with Crippen LogP contribution in [0, 0.1) is 0 Å². The topological polar surface area (TPSA) is 137 Å². The van der Waals surface area contributed by atoms with Gasteiger partial charge in [-0.1, -0.05) is 123 Å². The van der Waals surface area contributed by atoms with Crippen molar-refractivity contribution in [3.8, 4) is 0 Å². The molecule has 0 aromatic carbocycles. The molecule has 0 N–H and O–H groups in total. The van der Waals surface area contributed by atoms with E-state index in [1.54, 1.807) is 0 Å². The van der Waals surface area contributed by atoms with Crippen molar-refractivity contribution < 1.29 is 66.4 Å². The maximum absolute atomic E-state index is 11.8. The molecule has 372 valence electrons. The van der Waals surface area contributed by atoms with E-state index in [0.29, 0.717) is 158 Å². The molecule has 0 aliphatic rings. The van der Waals surface area contributed by atoms with Gasteiger partial charge in [0, 0.05) is 13.0 Å². The van der Waals surface area contributed by atoms with E-state index < -0.39 is 0 Å². The van der Waals surface area contributed by atoms with Gasteiger partial charge >= 0.3 is 5.97 Å². The standard InChI is InChI=1S/C48H96O14/c1-3-5-7-9-11-13-15-17-19-21-23-50-24-25-51-26-27-52-28-29-53-30-31-54-32-33-55-34-35-56-36-37-57-38-39-58-40-41-59-42-43-60-44-45-61-46-47-62-48(49)22-20-18-16-14-12-10-8-6-4-2/h3-47H2,1-2H3. The van der Waals surface area contributed by atoms with Gasteiger partial charge in [-0.25, -0.2) is 0 Å². The fraction of sp³-hybridized carbons (Fsp3) is 0.979. The maximum Gasteiger partial charge on any atom is 0.305 e. The van der Waals surface area contributed by atoms with E-state index in [1.165, 1.54) is 103 Å². The lowest BCUT2D eigenvalue weighted by molar-refractivity contribution is -0.145. The van der Waals surface area contributed by atoms with Gasteiger partial charge in [0.25, 0.3) is 0 Å². The summed E-state index contributed by atoms with van der Waals surface area (Å²) in [4.78, 5) is 11.8. The third kappa shape index (κ3) is 57.0. The Morgan fingerprint density at radius 2 is 0.419 bits per heavy atom. The van der Waals surface area contributed by atoms with Crippen LogP contribution >= 0.6 is 0 Å². The van der Waals surface area contributed by atoms with Crippen LogP contribution in [0.2, 0.25) is 0 Å². The van der Waals surface area contributed by atoms with Crippen LogP contribution < -0.4 is 0 Å². The fourth-order valence-electron chi connectivity index (χ4n) is 6.08. The summed E-state index contributed by atoms with van der Waals surface area (Å²) in [6, 6.07) is 0. The molecule has 0 saturated carbocycles. The molecule has 14 nitrogen and oxygen atoms in total. The average molecular weight is 897 g/mol. The molecule has 0 radical (unpaired) electrons. The van der Waals surface area contributed by atoms with Crippen molar-refractivity contribution in [2.75, 3.05) is 165 Å². The van der Waals surface area contributed by atoms with E-state index in [-0.39, 0.29) is 12.6 Å². The van der Waals surface area contributed by atoms with E-state index >= 15 is 0 Å². The lowest BCUT2D eigenvalue weighted by Crippen LogP contribution is -2.15. The Bertz CT molecular complexity index is 812. The number of hydrogen-bond acceptors (Lipinski definition) is 14. The first-order chi connectivity index (χ1) is 30.8. The zero-order valence-corrected chi connectivity index (χ0v) is 40.0. The van der Waals surface area contributed by atoms with Gasteiger partial charge in [0.15, 0.2) is 0 Å². The maximum atomic E-state index is 11.8. The predicted octanol–water partition coefficient (Wildman–Crippen LogP) is 8.57. The Labute approximate surface area is 379 Å². The number of unbranched alkanes of at least 4 members (excludes halogenated alkanes) is 17. The van der Waals surface area contributed by atoms with Gasteiger partial charge in [-0.2, -0.15) is 0 Å². The first kappa shape index (κ1) is 61.0. The molecule has 0 aliphatic carbocycles. The average Bonchev–Trinajstić information content (AvgIpc) is 3.28. The number of ether oxygens (including phenoxy) is 13. The largest absolute Gasteiger partial charge is 0.463 e. The summed E-state index contributed by atoms with van der Waals surface area (Å²) in [6.07, 6.45) is 25.0. The SMILES string of the molecule is CCCCCCCCCCCCOCCOCCOCCOCCOCCOCCOCCOCCOCCOCCOCCOCCOC(=O)CCCCCCCCCCC. The first-order valence-electron chi connectivity index (χ1n) is 24.9. The van der Waals surface area contributed by atoms with Crippen LogP contribution in [-0.2, 0) is 66.4 Å². The Morgan fingerprint density at radius 1 is 0.226 bits per heavy atom. The highest BCUT2D eigenvalue weighted by Gasteiger charge is 2.03. The van der Waals surface area contributed by atoms with Crippen LogP contribution in [0.15, 0.2) is 0 Å². The zero-order chi connectivity index (χ0) is 44.6. The van der Waals surface area contributed by atoms with E-state index in [1.807, 2.05) is 0 Å². The molecule has 0 saturated heterocycles. The van der Waals surface area contributed by atoms with Crippen LogP contribution in [0.1, 0.15) is 142 Å². The summed E-state index contributed by atoms with van der Waals surface area (Å²) < 4.78 is 71.6. The second kappa shape index (κ2) is 58.0. The Morgan fingerprint density at radius 3 is 0.677 bits per heavy atom. The Balaban J connectivity index is 3.10. The third-order valence-corrected chi connectivity index (χ3v) is 9.71. The van der Waals surface area contributed by atoms with E-state index in [0.717, 1.165) is 25.9 Å². The molecule has 0 spiro atoms. The van der Waals surface area contributed by atoms with Gasteiger partial charge in [0.1, 0.15) is 6.61 Å².